The number of nitrogens with zero attached hydrogens (tertiary/aromatic N) is 1. The van der Waals surface area contributed by atoms with E-state index in [0.717, 1.165) is 5.71 Å². The summed E-state index contributed by atoms with van der Waals surface area (Å²) in [6.07, 6.45) is 4.53. The van der Waals surface area contributed by atoms with Crippen LogP contribution in [0.3, 0.4) is 0 Å². The smallest absolute Gasteiger partial charge is 0.0527 e. The SMILES string of the molecule is CC(=NC(C)(C)C)c1ccccc1C1C=CC(C)=C1C. The first-order valence-corrected chi connectivity index (χ1v) is 7.31. The maximum atomic E-state index is 4.83. The number of allylic oxidation sites excluding steroid dienone is 4. The molecule has 0 saturated carbocycles. The van der Waals surface area contributed by atoms with E-state index in [-0.39, 0.29) is 5.54 Å². The van der Waals surface area contributed by atoms with Gasteiger partial charge in [0.2, 0.25) is 0 Å². The van der Waals surface area contributed by atoms with Gasteiger partial charge in [0.05, 0.1) is 5.54 Å². The van der Waals surface area contributed by atoms with Gasteiger partial charge in [-0.2, -0.15) is 0 Å². The molecule has 0 amide bonds. The Balaban J connectivity index is 2.48. The zero-order valence-electron chi connectivity index (χ0n) is 13.5. The molecule has 0 bridgehead atoms. The predicted octanol–water partition coefficient (Wildman–Crippen LogP) is 5.28. The molecule has 1 aromatic carbocycles. The van der Waals surface area contributed by atoms with Gasteiger partial charge in [-0.25, -0.2) is 0 Å². The van der Waals surface area contributed by atoms with E-state index in [1.54, 1.807) is 0 Å². The van der Waals surface area contributed by atoms with Crippen LogP contribution in [0.5, 0.6) is 0 Å². The van der Waals surface area contributed by atoms with E-state index in [0.29, 0.717) is 5.92 Å². The van der Waals surface area contributed by atoms with Crippen molar-refractivity contribution >= 4 is 5.71 Å². The summed E-state index contributed by atoms with van der Waals surface area (Å²) < 4.78 is 0. The summed E-state index contributed by atoms with van der Waals surface area (Å²) >= 11 is 0. The van der Waals surface area contributed by atoms with Crippen LogP contribution in [0, 0.1) is 0 Å². The lowest BCUT2D eigenvalue weighted by Crippen LogP contribution is -2.14. The molecule has 0 spiro atoms. The van der Waals surface area contributed by atoms with Crippen molar-refractivity contribution in [3.05, 3.63) is 58.7 Å². The number of aliphatic imine (C=N–C) groups is 1. The Morgan fingerprint density at radius 2 is 1.75 bits per heavy atom. The zero-order valence-corrected chi connectivity index (χ0v) is 13.5. The van der Waals surface area contributed by atoms with Crippen LogP contribution in [0.1, 0.15) is 58.6 Å². The summed E-state index contributed by atoms with van der Waals surface area (Å²) in [6, 6.07) is 8.64. The zero-order chi connectivity index (χ0) is 14.9. The molecule has 1 aromatic rings. The van der Waals surface area contributed by atoms with Crippen molar-refractivity contribution in [1.82, 2.24) is 0 Å². The molecule has 0 heterocycles. The Morgan fingerprint density at radius 3 is 2.30 bits per heavy atom. The molecule has 0 N–H and O–H groups in total. The van der Waals surface area contributed by atoms with Gasteiger partial charge in [0.25, 0.3) is 0 Å². The molecule has 1 aliphatic rings. The second-order valence-corrected chi connectivity index (χ2v) is 6.66. The molecule has 1 heteroatoms. The van der Waals surface area contributed by atoms with Gasteiger partial charge in [-0.05, 0) is 52.7 Å². The molecule has 1 aliphatic carbocycles. The molecule has 20 heavy (non-hydrogen) atoms. The lowest BCUT2D eigenvalue weighted by molar-refractivity contribution is 0.583. The molecule has 0 saturated heterocycles. The van der Waals surface area contributed by atoms with E-state index in [1.807, 2.05) is 0 Å². The van der Waals surface area contributed by atoms with Crippen LogP contribution in [-0.2, 0) is 0 Å². The van der Waals surface area contributed by atoms with Crippen molar-refractivity contribution < 1.29 is 0 Å². The van der Waals surface area contributed by atoms with Crippen LogP contribution in [0.15, 0.2) is 52.6 Å². The molecule has 0 aromatic heterocycles. The fourth-order valence-electron chi connectivity index (χ4n) is 2.76. The van der Waals surface area contributed by atoms with E-state index in [2.05, 4.69) is 78.0 Å². The molecule has 2 rings (SSSR count). The van der Waals surface area contributed by atoms with Gasteiger partial charge in [-0.15, -0.1) is 0 Å². The van der Waals surface area contributed by atoms with E-state index in [4.69, 9.17) is 4.99 Å². The van der Waals surface area contributed by atoms with Gasteiger partial charge in [0.1, 0.15) is 0 Å². The van der Waals surface area contributed by atoms with Crippen LogP contribution >= 0.6 is 0 Å². The summed E-state index contributed by atoms with van der Waals surface area (Å²) in [7, 11) is 0. The molecule has 0 aliphatic heterocycles. The molecule has 1 unspecified atom stereocenters. The lowest BCUT2D eigenvalue weighted by atomic mass is 9.88. The average Bonchev–Trinajstić information content (AvgIpc) is 2.68. The fourth-order valence-corrected chi connectivity index (χ4v) is 2.76. The van der Waals surface area contributed by atoms with Gasteiger partial charge in [0.15, 0.2) is 0 Å². The minimum absolute atomic E-state index is 0.0382. The Labute approximate surface area is 123 Å². The van der Waals surface area contributed by atoms with Crippen molar-refractivity contribution in [1.29, 1.82) is 0 Å². The van der Waals surface area contributed by atoms with Crippen LogP contribution < -0.4 is 0 Å². The fraction of sp³-hybridized carbons (Fsp3) is 0.421. The first-order chi connectivity index (χ1) is 9.29. The van der Waals surface area contributed by atoms with Gasteiger partial charge in [-0.1, -0.05) is 47.6 Å². The molecule has 0 radical (unpaired) electrons. The lowest BCUT2D eigenvalue weighted by Gasteiger charge is -2.19. The van der Waals surface area contributed by atoms with E-state index >= 15 is 0 Å². The Morgan fingerprint density at radius 1 is 1.10 bits per heavy atom. The quantitative estimate of drug-likeness (QED) is 0.646. The van der Waals surface area contributed by atoms with Gasteiger partial charge in [0, 0.05) is 11.6 Å². The number of rotatable bonds is 2. The van der Waals surface area contributed by atoms with Gasteiger partial charge in [-0.3, -0.25) is 4.99 Å². The normalized spacial score (nSPS) is 19.9. The summed E-state index contributed by atoms with van der Waals surface area (Å²) in [6.45, 7) is 13.0. The predicted molar refractivity (Wildman–Crippen MR) is 88.7 cm³/mol. The summed E-state index contributed by atoms with van der Waals surface area (Å²) in [4.78, 5) is 4.83. The standard InChI is InChI=1S/C19H25N/c1-13-11-12-16(14(13)2)18-10-8-7-9-17(18)15(3)20-19(4,5)6/h7-12,16H,1-6H3. The van der Waals surface area contributed by atoms with Crippen molar-refractivity contribution in [3.63, 3.8) is 0 Å². The van der Waals surface area contributed by atoms with Crippen molar-refractivity contribution in [2.75, 3.05) is 0 Å². The minimum Gasteiger partial charge on any atom is -0.284 e. The van der Waals surface area contributed by atoms with Crippen molar-refractivity contribution in [2.24, 2.45) is 4.99 Å². The van der Waals surface area contributed by atoms with Crippen LogP contribution in [-0.4, -0.2) is 11.3 Å². The highest BCUT2D eigenvalue weighted by Crippen LogP contribution is 2.35. The number of benzene rings is 1. The van der Waals surface area contributed by atoms with Crippen molar-refractivity contribution in [3.8, 4) is 0 Å². The molecule has 0 fully saturated rings. The topological polar surface area (TPSA) is 12.4 Å². The summed E-state index contributed by atoms with van der Waals surface area (Å²) in [5, 5.41) is 0. The molecular weight excluding hydrogens is 242 g/mol. The first kappa shape index (κ1) is 14.8. The van der Waals surface area contributed by atoms with Crippen LogP contribution in [0.4, 0.5) is 0 Å². The number of hydrogen-bond acceptors (Lipinski definition) is 1. The highest BCUT2D eigenvalue weighted by molar-refractivity contribution is 6.00. The highest BCUT2D eigenvalue weighted by atomic mass is 14.8. The monoisotopic (exact) mass is 267 g/mol. The third kappa shape index (κ3) is 3.09. The molecule has 1 atom stereocenters. The summed E-state index contributed by atoms with van der Waals surface area (Å²) in [5.74, 6) is 0.399. The minimum atomic E-state index is -0.0382. The first-order valence-electron chi connectivity index (χ1n) is 7.31. The van der Waals surface area contributed by atoms with Crippen molar-refractivity contribution in [2.45, 2.75) is 53.0 Å². The maximum Gasteiger partial charge on any atom is 0.0527 e. The van der Waals surface area contributed by atoms with E-state index in [1.165, 1.54) is 22.3 Å². The van der Waals surface area contributed by atoms with E-state index < -0.39 is 0 Å². The average molecular weight is 267 g/mol. The second-order valence-electron chi connectivity index (χ2n) is 6.66. The second kappa shape index (κ2) is 5.40. The van der Waals surface area contributed by atoms with E-state index in [9.17, 15) is 0 Å². The van der Waals surface area contributed by atoms with Crippen LogP contribution in [0.25, 0.3) is 0 Å². The molecule has 106 valence electrons. The third-order valence-corrected chi connectivity index (χ3v) is 3.82. The maximum absolute atomic E-state index is 4.83. The van der Waals surface area contributed by atoms with Gasteiger partial charge < -0.3 is 0 Å². The number of hydrogen-bond donors (Lipinski definition) is 0. The highest BCUT2D eigenvalue weighted by Gasteiger charge is 2.20. The Hall–Kier alpha value is -1.63. The Kier molecular flexibility index (Phi) is 3.99. The van der Waals surface area contributed by atoms with Crippen LogP contribution in [0.2, 0.25) is 0 Å². The third-order valence-electron chi connectivity index (χ3n) is 3.82. The summed E-state index contributed by atoms with van der Waals surface area (Å²) in [5.41, 5.74) is 6.55. The molecular formula is C19H25N. The van der Waals surface area contributed by atoms with Gasteiger partial charge >= 0.3 is 0 Å². The molecule has 1 nitrogen and oxygen atoms in total. The Bertz CT molecular complexity index is 594. The largest absolute Gasteiger partial charge is 0.284 e.